The predicted molar refractivity (Wildman–Crippen MR) is 74.4 cm³/mol. The van der Waals surface area contributed by atoms with Gasteiger partial charge in [0.2, 0.25) is 5.82 Å². The van der Waals surface area contributed by atoms with Crippen molar-refractivity contribution in [1.29, 1.82) is 0 Å². The summed E-state index contributed by atoms with van der Waals surface area (Å²) in [5.41, 5.74) is -1.37. The zero-order valence-electron chi connectivity index (χ0n) is 12.7. The highest BCUT2D eigenvalue weighted by molar-refractivity contribution is 6.46. The number of aromatic nitrogens is 2. The predicted octanol–water partition coefficient (Wildman–Crippen LogP) is 1.67. The van der Waals surface area contributed by atoms with Gasteiger partial charge in [0, 0.05) is 25.2 Å². The van der Waals surface area contributed by atoms with Crippen LogP contribution in [-0.4, -0.2) is 33.8 Å². The molecular weight excluding hydrogens is 284 g/mol. The van der Waals surface area contributed by atoms with Gasteiger partial charge in [-0.25, -0.2) is 9.97 Å². The third-order valence-corrected chi connectivity index (χ3v) is 3.82. The number of hydrogen-bond donors (Lipinski definition) is 0. The second kappa shape index (κ2) is 5.92. The average Bonchev–Trinajstić information content (AvgIpc) is 2.35. The zero-order valence-corrected chi connectivity index (χ0v) is 12.7. The number of hydrogen-bond acceptors (Lipinski definition) is 3. The number of rotatable bonds is 5. The summed E-state index contributed by atoms with van der Waals surface area (Å²) in [6.07, 6.45) is -2.47. The van der Waals surface area contributed by atoms with Crippen molar-refractivity contribution in [3.8, 4) is 0 Å². The molecule has 0 fully saturated rings. The van der Waals surface area contributed by atoms with Gasteiger partial charge < -0.3 is 9.76 Å². The molecule has 2 N–H and O–H groups in total. The molecule has 0 saturated heterocycles. The molecule has 0 aliphatic heterocycles. The van der Waals surface area contributed by atoms with Crippen molar-refractivity contribution in [2.75, 3.05) is 0 Å². The highest BCUT2D eigenvalue weighted by atomic mass is 19.4. The minimum absolute atomic E-state index is 0.0461. The maximum atomic E-state index is 12.3. The SMILES string of the molecule is CC(C)C(C)([OH2+])C(C)(C)O[B]c1cnc(C(F)(F)F)nc1. The van der Waals surface area contributed by atoms with Gasteiger partial charge in [-0.3, -0.25) is 0 Å². The summed E-state index contributed by atoms with van der Waals surface area (Å²) >= 11 is 0. The number of alkyl halides is 3. The van der Waals surface area contributed by atoms with Crippen LogP contribution in [0.2, 0.25) is 0 Å². The molecule has 0 spiro atoms. The minimum atomic E-state index is -4.56. The van der Waals surface area contributed by atoms with Gasteiger partial charge in [0.1, 0.15) is 5.60 Å². The van der Waals surface area contributed by atoms with E-state index >= 15 is 0 Å². The molecule has 1 heterocycles. The van der Waals surface area contributed by atoms with Crippen molar-refractivity contribution in [3.05, 3.63) is 18.2 Å². The zero-order chi connectivity index (χ0) is 16.5. The van der Waals surface area contributed by atoms with Crippen LogP contribution in [0.15, 0.2) is 12.4 Å². The quantitative estimate of drug-likeness (QED) is 0.614. The Kier molecular flexibility index (Phi) is 5.05. The van der Waals surface area contributed by atoms with E-state index in [4.69, 9.17) is 9.76 Å². The van der Waals surface area contributed by atoms with E-state index in [0.717, 1.165) is 12.4 Å². The lowest BCUT2D eigenvalue weighted by Gasteiger charge is -2.39. The molecule has 117 valence electrons. The fourth-order valence-corrected chi connectivity index (χ4v) is 1.58. The molecule has 4 nitrogen and oxygen atoms in total. The Bertz CT molecular complexity index is 473. The normalized spacial score (nSPS) is 15.9. The van der Waals surface area contributed by atoms with Crippen LogP contribution in [0.25, 0.3) is 0 Å². The van der Waals surface area contributed by atoms with Gasteiger partial charge in [0.15, 0.2) is 5.60 Å². The third kappa shape index (κ3) is 4.17. The van der Waals surface area contributed by atoms with E-state index in [1.807, 2.05) is 13.8 Å². The molecule has 0 saturated carbocycles. The second-order valence-corrected chi connectivity index (χ2v) is 5.94. The van der Waals surface area contributed by atoms with Gasteiger partial charge in [-0.1, -0.05) is 13.8 Å². The van der Waals surface area contributed by atoms with E-state index in [9.17, 15) is 13.2 Å². The number of nitrogens with zero attached hydrogens (tertiary/aromatic N) is 2. The Morgan fingerprint density at radius 2 is 1.62 bits per heavy atom. The van der Waals surface area contributed by atoms with E-state index in [0.29, 0.717) is 5.46 Å². The Morgan fingerprint density at radius 1 is 1.14 bits per heavy atom. The summed E-state index contributed by atoms with van der Waals surface area (Å²) < 4.78 is 42.6. The van der Waals surface area contributed by atoms with E-state index in [1.54, 1.807) is 20.8 Å². The van der Waals surface area contributed by atoms with Gasteiger partial charge in [-0.15, -0.1) is 0 Å². The van der Waals surface area contributed by atoms with Gasteiger partial charge >= 0.3 is 13.7 Å². The van der Waals surface area contributed by atoms with E-state index in [1.165, 1.54) is 7.48 Å². The summed E-state index contributed by atoms with van der Waals surface area (Å²) in [4.78, 5) is 6.51. The molecule has 0 aromatic carbocycles. The fourth-order valence-electron chi connectivity index (χ4n) is 1.58. The van der Waals surface area contributed by atoms with Crippen molar-refractivity contribution in [2.45, 2.75) is 52.0 Å². The topological polar surface area (TPSA) is 57.9 Å². The van der Waals surface area contributed by atoms with Crippen LogP contribution < -0.4 is 5.46 Å². The van der Waals surface area contributed by atoms with Gasteiger partial charge in [-0.2, -0.15) is 13.2 Å². The molecule has 0 bridgehead atoms. The summed E-state index contributed by atoms with van der Waals surface area (Å²) in [6, 6.07) is 0. The third-order valence-electron chi connectivity index (χ3n) is 3.82. The Hall–Kier alpha value is -1.15. The minimum Gasteiger partial charge on any atom is -0.439 e. The first-order valence-electron chi connectivity index (χ1n) is 6.53. The standard InChI is InChI=1S/C13H19BF3N2O2/c1-8(2)12(5,20)11(3,4)21-14-9-6-18-10(19-7-9)13(15,16)17/h6-8,20H,1-5H3/p+1. The summed E-state index contributed by atoms with van der Waals surface area (Å²) in [7, 11) is 1.29. The molecule has 1 unspecified atom stereocenters. The summed E-state index contributed by atoms with van der Waals surface area (Å²) in [5, 5.41) is 8.34. The average molecular weight is 304 g/mol. The van der Waals surface area contributed by atoms with Gasteiger partial charge in [-0.05, 0) is 19.3 Å². The molecule has 21 heavy (non-hydrogen) atoms. The maximum absolute atomic E-state index is 12.3. The lowest BCUT2D eigenvalue weighted by Crippen LogP contribution is -2.54. The molecule has 1 radical (unpaired) electrons. The number of halogens is 3. The first-order chi connectivity index (χ1) is 9.38. The molecule has 8 heteroatoms. The molecule has 0 aliphatic carbocycles. The molecule has 0 amide bonds. The van der Waals surface area contributed by atoms with Crippen molar-refractivity contribution >= 4 is 12.9 Å². The Labute approximate surface area is 123 Å². The summed E-state index contributed by atoms with van der Waals surface area (Å²) in [5.74, 6) is -1.14. The molecule has 1 aromatic heterocycles. The lowest BCUT2D eigenvalue weighted by atomic mass is 9.76. The van der Waals surface area contributed by atoms with Crippen LogP contribution in [0.3, 0.4) is 0 Å². The van der Waals surface area contributed by atoms with Crippen LogP contribution in [0, 0.1) is 5.92 Å². The molecular formula is C13H20BF3N2O2+. The molecule has 1 rings (SSSR count). The van der Waals surface area contributed by atoms with Crippen molar-refractivity contribution in [1.82, 2.24) is 9.97 Å². The Balaban J connectivity index is 2.76. The maximum Gasteiger partial charge on any atom is 0.451 e. The molecule has 0 aliphatic rings. The van der Waals surface area contributed by atoms with Crippen LogP contribution >= 0.6 is 0 Å². The van der Waals surface area contributed by atoms with E-state index < -0.39 is 23.2 Å². The largest absolute Gasteiger partial charge is 0.451 e. The van der Waals surface area contributed by atoms with Crippen molar-refractivity contribution in [2.24, 2.45) is 5.92 Å². The second-order valence-electron chi connectivity index (χ2n) is 5.94. The highest BCUT2D eigenvalue weighted by Crippen LogP contribution is 2.31. The monoisotopic (exact) mass is 304 g/mol. The van der Waals surface area contributed by atoms with Crippen molar-refractivity contribution in [3.63, 3.8) is 0 Å². The molecule has 1 atom stereocenters. The van der Waals surface area contributed by atoms with Crippen LogP contribution in [-0.2, 0) is 10.8 Å². The van der Waals surface area contributed by atoms with Gasteiger partial charge in [0.25, 0.3) is 0 Å². The van der Waals surface area contributed by atoms with Crippen LogP contribution in [0.5, 0.6) is 0 Å². The molecule has 1 aromatic rings. The van der Waals surface area contributed by atoms with E-state index in [2.05, 4.69) is 9.97 Å². The van der Waals surface area contributed by atoms with Crippen LogP contribution in [0.4, 0.5) is 13.2 Å². The first-order valence-corrected chi connectivity index (χ1v) is 6.53. The lowest BCUT2D eigenvalue weighted by molar-refractivity contribution is -0.145. The fraction of sp³-hybridized carbons (Fsp3) is 0.692. The highest BCUT2D eigenvalue weighted by Gasteiger charge is 2.47. The van der Waals surface area contributed by atoms with Crippen molar-refractivity contribution < 1.29 is 22.9 Å². The van der Waals surface area contributed by atoms with Crippen LogP contribution in [0.1, 0.15) is 40.4 Å². The smallest absolute Gasteiger partial charge is 0.439 e. The summed E-state index contributed by atoms with van der Waals surface area (Å²) in [6.45, 7) is 9.12. The van der Waals surface area contributed by atoms with E-state index in [-0.39, 0.29) is 5.92 Å². The Morgan fingerprint density at radius 3 is 2.00 bits per heavy atom. The first kappa shape index (κ1) is 17.9. The van der Waals surface area contributed by atoms with Gasteiger partial charge in [0.05, 0.1) is 0 Å².